The average Bonchev–Trinajstić information content (AvgIpc) is 3.12. The van der Waals surface area contributed by atoms with Crippen LogP contribution >= 0.6 is 0 Å². The number of nitrogens with one attached hydrogen (secondary N) is 1. The van der Waals surface area contributed by atoms with Crippen molar-refractivity contribution in [3.8, 4) is 0 Å². The molecule has 0 bridgehead atoms. The summed E-state index contributed by atoms with van der Waals surface area (Å²) in [5.74, 6) is 0.278. The van der Waals surface area contributed by atoms with Crippen LogP contribution in [0.5, 0.6) is 0 Å². The van der Waals surface area contributed by atoms with Crippen LogP contribution in [0, 0.1) is 13.8 Å². The molecule has 1 aromatic heterocycles. The van der Waals surface area contributed by atoms with E-state index in [0.29, 0.717) is 12.5 Å². The zero-order valence-electron chi connectivity index (χ0n) is 15.5. The normalized spacial score (nSPS) is 15.8. The fourth-order valence-electron chi connectivity index (χ4n) is 3.43. The molecule has 0 radical (unpaired) electrons. The second kappa shape index (κ2) is 7.83. The van der Waals surface area contributed by atoms with Gasteiger partial charge in [-0.2, -0.15) is 5.10 Å². The summed E-state index contributed by atoms with van der Waals surface area (Å²) in [7, 11) is 0. The highest BCUT2D eigenvalue weighted by atomic mass is 16.2. The standard InChI is InChI=1S/C20H28N4O/c1-15-11-17(3)24(22-15)13-16(2)21-12-18-7-4-5-8-19(18)14-23-10-6-9-20(23)25/h4-5,7-8,11,16,21H,6,9-10,12-14H2,1-3H3. The van der Waals surface area contributed by atoms with Crippen LogP contribution in [-0.2, 0) is 24.4 Å². The third-order valence-electron chi connectivity index (χ3n) is 4.84. The fourth-order valence-corrected chi connectivity index (χ4v) is 3.43. The van der Waals surface area contributed by atoms with Crippen LogP contribution in [0.15, 0.2) is 30.3 Å². The lowest BCUT2D eigenvalue weighted by Gasteiger charge is -2.20. The van der Waals surface area contributed by atoms with Crippen molar-refractivity contribution in [2.45, 2.75) is 59.3 Å². The van der Waals surface area contributed by atoms with Crippen molar-refractivity contribution in [1.29, 1.82) is 0 Å². The quantitative estimate of drug-likeness (QED) is 0.843. The Balaban J connectivity index is 1.59. The number of rotatable bonds is 7. The number of nitrogens with zero attached hydrogens (tertiary/aromatic N) is 3. The first-order chi connectivity index (χ1) is 12.0. The number of carbonyl (C=O) groups excluding carboxylic acids is 1. The molecular formula is C20H28N4O. The number of benzene rings is 1. The first kappa shape index (κ1) is 17.7. The second-order valence-corrected chi connectivity index (χ2v) is 7.08. The number of carbonyl (C=O) groups is 1. The van der Waals surface area contributed by atoms with Gasteiger partial charge in [-0.05, 0) is 44.4 Å². The Morgan fingerprint density at radius 3 is 2.64 bits per heavy atom. The van der Waals surface area contributed by atoms with Gasteiger partial charge in [0.05, 0.1) is 12.2 Å². The van der Waals surface area contributed by atoms with Gasteiger partial charge in [0.2, 0.25) is 5.91 Å². The number of hydrogen-bond acceptors (Lipinski definition) is 3. The Kier molecular flexibility index (Phi) is 5.53. The zero-order chi connectivity index (χ0) is 17.8. The molecule has 2 aromatic rings. The summed E-state index contributed by atoms with van der Waals surface area (Å²) in [6.45, 7) is 9.57. The number of likely N-dealkylation sites (tertiary alicyclic amines) is 1. The van der Waals surface area contributed by atoms with Crippen LogP contribution in [0.25, 0.3) is 0 Å². The van der Waals surface area contributed by atoms with Gasteiger partial charge in [-0.15, -0.1) is 0 Å². The highest BCUT2D eigenvalue weighted by Crippen LogP contribution is 2.17. The molecule has 0 spiro atoms. The molecule has 1 amide bonds. The number of aryl methyl sites for hydroxylation is 2. The summed E-state index contributed by atoms with van der Waals surface area (Å²) in [6, 6.07) is 10.8. The topological polar surface area (TPSA) is 50.2 Å². The zero-order valence-corrected chi connectivity index (χ0v) is 15.5. The lowest BCUT2D eigenvalue weighted by atomic mass is 10.1. The van der Waals surface area contributed by atoms with Crippen molar-refractivity contribution >= 4 is 5.91 Å². The lowest BCUT2D eigenvalue weighted by Crippen LogP contribution is -2.31. The van der Waals surface area contributed by atoms with Gasteiger partial charge in [0.15, 0.2) is 0 Å². The first-order valence-electron chi connectivity index (χ1n) is 9.12. The monoisotopic (exact) mass is 340 g/mol. The van der Waals surface area contributed by atoms with E-state index in [1.54, 1.807) is 0 Å². The SMILES string of the molecule is Cc1cc(C)n(CC(C)NCc2ccccc2CN2CCCC2=O)n1. The van der Waals surface area contributed by atoms with Crippen molar-refractivity contribution < 1.29 is 4.79 Å². The van der Waals surface area contributed by atoms with E-state index in [0.717, 1.165) is 38.3 Å². The number of aromatic nitrogens is 2. The van der Waals surface area contributed by atoms with E-state index in [1.807, 2.05) is 11.8 Å². The van der Waals surface area contributed by atoms with Gasteiger partial charge in [-0.25, -0.2) is 0 Å². The molecule has 1 aliphatic heterocycles. The summed E-state index contributed by atoms with van der Waals surface area (Å²) in [6.07, 6.45) is 1.68. The molecule has 1 aromatic carbocycles. The predicted octanol–water partition coefficient (Wildman–Crippen LogP) is 2.80. The molecule has 5 heteroatoms. The van der Waals surface area contributed by atoms with E-state index < -0.39 is 0 Å². The largest absolute Gasteiger partial charge is 0.338 e. The molecule has 5 nitrogen and oxygen atoms in total. The van der Waals surface area contributed by atoms with Crippen molar-refractivity contribution in [3.63, 3.8) is 0 Å². The van der Waals surface area contributed by atoms with Gasteiger partial charge in [-0.3, -0.25) is 9.48 Å². The Labute approximate surface area is 150 Å². The van der Waals surface area contributed by atoms with Gasteiger partial charge < -0.3 is 10.2 Å². The van der Waals surface area contributed by atoms with Gasteiger partial charge in [-0.1, -0.05) is 24.3 Å². The minimum atomic E-state index is 0.278. The molecule has 1 aliphatic rings. The highest BCUT2D eigenvalue weighted by molar-refractivity contribution is 5.78. The smallest absolute Gasteiger partial charge is 0.222 e. The van der Waals surface area contributed by atoms with Crippen molar-refractivity contribution in [1.82, 2.24) is 20.0 Å². The summed E-state index contributed by atoms with van der Waals surface area (Å²) in [5.41, 5.74) is 4.76. The van der Waals surface area contributed by atoms with Crippen LogP contribution in [0.2, 0.25) is 0 Å². The maximum absolute atomic E-state index is 11.9. The van der Waals surface area contributed by atoms with Crippen molar-refractivity contribution in [3.05, 3.63) is 52.8 Å². The van der Waals surface area contributed by atoms with E-state index in [2.05, 4.69) is 59.3 Å². The summed E-state index contributed by atoms with van der Waals surface area (Å²) >= 11 is 0. The van der Waals surface area contributed by atoms with E-state index in [4.69, 9.17) is 0 Å². The summed E-state index contributed by atoms with van der Waals surface area (Å²) < 4.78 is 2.06. The van der Waals surface area contributed by atoms with Crippen LogP contribution in [0.3, 0.4) is 0 Å². The molecule has 1 saturated heterocycles. The van der Waals surface area contributed by atoms with Gasteiger partial charge in [0.1, 0.15) is 0 Å². The third-order valence-corrected chi connectivity index (χ3v) is 4.84. The Morgan fingerprint density at radius 1 is 1.24 bits per heavy atom. The molecule has 1 N–H and O–H groups in total. The van der Waals surface area contributed by atoms with Gasteiger partial charge in [0.25, 0.3) is 0 Å². The molecule has 3 rings (SSSR count). The van der Waals surface area contributed by atoms with Crippen LogP contribution in [0.4, 0.5) is 0 Å². The molecular weight excluding hydrogens is 312 g/mol. The number of amides is 1. The maximum atomic E-state index is 11.9. The van der Waals surface area contributed by atoms with Gasteiger partial charge >= 0.3 is 0 Å². The fraction of sp³-hybridized carbons (Fsp3) is 0.500. The molecule has 1 atom stereocenters. The molecule has 25 heavy (non-hydrogen) atoms. The minimum absolute atomic E-state index is 0.278. The molecule has 1 fully saturated rings. The van der Waals surface area contributed by atoms with Crippen molar-refractivity contribution in [2.24, 2.45) is 0 Å². The third kappa shape index (κ3) is 4.48. The van der Waals surface area contributed by atoms with Crippen molar-refractivity contribution in [2.75, 3.05) is 6.54 Å². The lowest BCUT2D eigenvalue weighted by molar-refractivity contribution is -0.128. The van der Waals surface area contributed by atoms with Crippen LogP contribution in [-0.4, -0.2) is 33.2 Å². The molecule has 0 aliphatic carbocycles. The predicted molar refractivity (Wildman–Crippen MR) is 99.1 cm³/mol. The van der Waals surface area contributed by atoms with Crippen LogP contribution in [0.1, 0.15) is 42.3 Å². The Hall–Kier alpha value is -2.14. The molecule has 2 heterocycles. The molecule has 0 saturated carbocycles. The average molecular weight is 340 g/mol. The van der Waals surface area contributed by atoms with E-state index >= 15 is 0 Å². The van der Waals surface area contributed by atoms with Crippen LogP contribution < -0.4 is 5.32 Å². The first-order valence-corrected chi connectivity index (χ1v) is 9.12. The Morgan fingerprint density at radius 2 is 2.00 bits per heavy atom. The maximum Gasteiger partial charge on any atom is 0.222 e. The van der Waals surface area contributed by atoms with E-state index in [-0.39, 0.29) is 5.91 Å². The van der Waals surface area contributed by atoms with E-state index in [1.165, 1.54) is 16.8 Å². The number of hydrogen-bond donors (Lipinski definition) is 1. The highest BCUT2D eigenvalue weighted by Gasteiger charge is 2.20. The van der Waals surface area contributed by atoms with Gasteiger partial charge in [0, 0.05) is 37.8 Å². The molecule has 134 valence electrons. The summed E-state index contributed by atoms with van der Waals surface area (Å²) in [4.78, 5) is 13.9. The molecule has 1 unspecified atom stereocenters. The summed E-state index contributed by atoms with van der Waals surface area (Å²) in [5, 5.41) is 8.13. The second-order valence-electron chi connectivity index (χ2n) is 7.08. The van der Waals surface area contributed by atoms with E-state index in [9.17, 15) is 4.79 Å². The Bertz CT molecular complexity index is 737. The minimum Gasteiger partial charge on any atom is -0.338 e.